The van der Waals surface area contributed by atoms with E-state index < -0.39 is 10.0 Å². The molecule has 0 radical (unpaired) electrons. The number of nitrogens with one attached hydrogen (secondary N) is 1. The number of ether oxygens (including phenoxy) is 1. The zero-order chi connectivity index (χ0) is 16.5. The Morgan fingerprint density at radius 1 is 1.23 bits per heavy atom. The lowest BCUT2D eigenvalue weighted by molar-refractivity contribution is 0.390. The number of aromatic nitrogens is 1. The van der Waals surface area contributed by atoms with Crippen molar-refractivity contribution in [1.82, 2.24) is 9.88 Å². The SMILES string of the molecule is COc1c(C)cc(C)cc1CNS(=O)(=O)c1c(C)noc1C. The van der Waals surface area contributed by atoms with Crippen LogP contribution < -0.4 is 9.46 Å². The molecule has 0 aliphatic carbocycles. The largest absolute Gasteiger partial charge is 0.496 e. The Balaban J connectivity index is 2.31. The van der Waals surface area contributed by atoms with Gasteiger partial charge in [0.25, 0.3) is 0 Å². The first kappa shape index (κ1) is 16.5. The fraction of sp³-hybridized carbons (Fsp3) is 0.400. The Bertz CT molecular complexity index is 775. The fourth-order valence-corrected chi connectivity index (χ4v) is 3.90. The summed E-state index contributed by atoms with van der Waals surface area (Å²) < 4.78 is 37.7. The fourth-order valence-electron chi connectivity index (χ4n) is 2.57. The van der Waals surface area contributed by atoms with Crippen molar-refractivity contribution in [3.05, 3.63) is 40.3 Å². The van der Waals surface area contributed by atoms with Crippen molar-refractivity contribution in [2.75, 3.05) is 7.11 Å². The van der Waals surface area contributed by atoms with Gasteiger partial charge in [0.1, 0.15) is 16.3 Å². The van der Waals surface area contributed by atoms with Crippen LogP contribution in [0.3, 0.4) is 0 Å². The molecule has 0 fully saturated rings. The number of hydrogen-bond acceptors (Lipinski definition) is 5. The van der Waals surface area contributed by atoms with E-state index in [9.17, 15) is 8.42 Å². The van der Waals surface area contributed by atoms with Gasteiger partial charge in [-0.2, -0.15) is 0 Å². The average molecular weight is 324 g/mol. The predicted molar refractivity (Wildman–Crippen MR) is 82.5 cm³/mol. The third-order valence-electron chi connectivity index (χ3n) is 3.39. The van der Waals surface area contributed by atoms with E-state index in [0.717, 1.165) is 16.7 Å². The number of hydrogen-bond donors (Lipinski definition) is 1. The van der Waals surface area contributed by atoms with Crippen LogP contribution in [0.15, 0.2) is 21.6 Å². The van der Waals surface area contributed by atoms with Crippen LogP contribution in [0.1, 0.15) is 28.1 Å². The summed E-state index contributed by atoms with van der Waals surface area (Å²) in [7, 11) is -2.12. The summed E-state index contributed by atoms with van der Waals surface area (Å²) in [5.74, 6) is 0.962. The third kappa shape index (κ3) is 3.15. The molecule has 0 saturated carbocycles. The summed E-state index contributed by atoms with van der Waals surface area (Å²) in [6, 6.07) is 3.90. The molecule has 0 bridgehead atoms. The van der Waals surface area contributed by atoms with Crippen LogP contribution >= 0.6 is 0 Å². The highest BCUT2D eigenvalue weighted by molar-refractivity contribution is 7.89. The van der Waals surface area contributed by atoms with Crippen LogP contribution in [0.25, 0.3) is 0 Å². The Morgan fingerprint density at radius 2 is 1.91 bits per heavy atom. The Labute approximate surface area is 130 Å². The van der Waals surface area contributed by atoms with Gasteiger partial charge >= 0.3 is 0 Å². The number of methoxy groups -OCH3 is 1. The van der Waals surface area contributed by atoms with Gasteiger partial charge in [-0.1, -0.05) is 22.9 Å². The molecule has 6 nitrogen and oxygen atoms in total. The van der Waals surface area contributed by atoms with E-state index in [1.54, 1.807) is 21.0 Å². The number of aryl methyl sites for hydroxylation is 4. The average Bonchev–Trinajstić information content (AvgIpc) is 2.76. The molecule has 0 unspecified atom stereocenters. The summed E-state index contributed by atoms with van der Waals surface area (Å²) in [4.78, 5) is 0.0934. The predicted octanol–water partition coefficient (Wildman–Crippen LogP) is 2.40. The van der Waals surface area contributed by atoms with E-state index in [1.165, 1.54) is 0 Å². The van der Waals surface area contributed by atoms with E-state index in [-0.39, 0.29) is 17.2 Å². The second-order valence-electron chi connectivity index (χ2n) is 5.25. The molecule has 1 heterocycles. The van der Waals surface area contributed by atoms with Gasteiger partial charge in [0.2, 0.25) is 10.0 Å². The van der Waals surface area contributed by atoms with Crippen molar-refractivity contribution in [2.24, 2.45) is 0 Å². The van der Waals surface area contributed by atoms with Crippen molar-refractivity contribution in [3.63, 3.8) is 0 Å². The van der Waals surface area contributed by atoms with Crippen LogP contribution in [0.2, 0.25) is 0 Å². The maximum Gasteiger partial charge on any atom is 0.246 e. The molecule has 1 aromatic carbocycles. The Hall–Kier alpha value is -1.86. The zero-order valence-corrected chi connectivity index (χ0v) is 14.2. The van der Waals surface area contributed by atoms with Crippen LogP contribution in [-0.2, 0) is 16.6 Å². The van der Waals surface area contributed by atoms with Crippen LogP contribution in [0, 0.1) is 27.7 Å². The molecule has 120 valence electrons. The molecular weight excluding hydrogens is 304 g/mol. The quantitative estimate of drug-likeness (QED) is 0.913. The molecule has 0 saturated heterocycles. The van der Waals surface area contributed by atoms with Gasteiger partial charge in [0.05, 0.1) is 7.11 Å². The van der Waals surface area contributed by atoms with Gasteiger partial charge in [0, 0.05) is 12.1 Å². The van der Waals surface area contributed by atoms with Crippen LogP contribution in [0.5, 0.6) is 5.75 Å². The molecule has 7 heteroatoms. The van der Waals surface area contributed by atoms with Gasteiger partial charge in [-0.25, -0.2) is 13.1 Å². The van der Waals surface area contributed by atoms with Crippen molar-refractivity contribution in [2.45, 2.75) is 39.1 Å². The van der Waals surface area contributed by atoms with E-state index in [0.29, 0.717) is 11.4 Å². The minimum atomic E-state index is -3.69. The van der Waals surface area contributed by atoms with Gasteiger partial charge in [0.15, 0.2) is 5.76 Å². The van der Waals surface area contributed by atoms with Gasteiger partial charge in [-0.3, -0.25) is 0 Å². The molecule has 2 rings (SSSR count). The Morgan fingerprint density at radius 3 is 2.45 bits per heavy atom. The topological polar surface area (TPSA) is 81.4 Å². The van der Waals surface area contributed by atoms with Gasteiger partial charge in [-0.15, -0.1) is 0 Å². The molecular formula is C15H20N2O4S. The number of sulfonamides is 1. The highest BCUT2D eigenvalue weighted by Crippen LogP contribution is 2.26. The highest BCUT2D eigenvalue weighted by Gasteiger charge is 2.24. The smallest absolute Gasteiger partial charge is 0.246 e. The summed E-state index contributed by atoms with van der Waals surface area (Å²) >= 11 is 0. The number of benzene rings is 1. The summed E-state index contributed by atoms with van der Waals surface area (Å²) in [5.41, 5.74) is 3.14. The normalized spacial score (nSPS) is 11.7. The van der Waals surface area contributed by atoms with E-state index >= 15 is 0 Å². The zero-order valence-electron chi connectivity index (χ0n) is 13.4. The van der Waals surface area contributed by atoms with Crippen molar-refractivity contribution >= 4 is 10.0 Å². The van der Waals surface area contributed by atoms with E-state index in [1.807, 2.05) is 26.0 Å². The lowest BCUT2D eigenvalue weighted by Gasteiger charge is -2.13. The molecule has 1 N–H and O–H groups in total. The van der Waals surface area contributed by atoms with Crippen molar-refractivity contribution in [1.29, 1.82) is 0 Å². The van der Waals surface area contributed by atoms with Crippen molar-refractivity contribution < 1.29 is 17.7 Å². The minimum Gasteiger partial charge on any atom is -0.496 e. The van der Waals surface area contributed by atoms with Crippen LogP contribution in [0.4, 0.5) is 0 Å². The number of nitrogens with zero attached hydrogens (tertiary/aromatic N) is 1. The molecule has 0 spiro atoms. The molecule has 0 aliphatic rings. The second kappa shape index (κ2) is 6.10. The summed E-state index contributed by atoms with van der Waals surface area (Å²) in [6.07, 6.45) is 0. The molecule has 0 aliphatic heterocycles. The van der Waals surface area contributed by atoms with Gasteiger partial charge < -0.3 is 9.26 Å². The van der Waals surface area contributed by atoms with Crippen LogP contribution in [-0.4, -0.2) is 20.7 Å². The number of rotatable bonds is 5. The van der Waals surface area contributed by atoms with E-state index in [2.05, 4.69) is 9.88 Å². The molecule has 2 aromatic rings. The summed E-state index contributed by atoms with van der Waals surface area (Å²) in [6.45, 7) is 7.20. The maximum absolute atomic E-state index is 12.4. The summed E-state index contributed by atoms with van der Waals surface area (Å²) in [5, 5.41) is 3.68. The van der Waals surface area contributed by atoms with Gasteiger partial charge in [-0.05, 0) is 33.3 Å². The first-order valence-corrected chi connectivity index (χ1v) is 8.31. The van der Waals surface area contributed by atoms with E-state index in [4.69, 9.17) is 9.26 Å². The Kier molecular flexibility index (Phi) is 4.58. The third-order valence-corrected chi connectivity index (χ3v) is 5.03. The molecule has 0 amide bonds. The maximum atomic E-state index is 12.4. The highest BCUT2D eigenvalue weighted by atomic mass is 32.2. The lowest BCUT2D eigenvalue weighted by atomic mass is 10.1. The second-order valence-corrected chi connectivity index (χ2v) is 6.96. The van der Waals surface area contributed by atoms with Crippen molar-refractivity contribution in [3.8, 4) is 5.75 Å². The lowest BCUT2D eigenvalue weighted by Crippen LogP contribution is -2.24. The molecule has 22 heavy (non-hydrogen) atoms. The molecule has 0 atom stereocenters. The standard InChI is InChI=1S/C15H20N2O4S/c1-9-6-10(2)14(20-5)13(7-9)8-16-22(18,19)15-11(3)17-21-12(15)4/h6-7,16H,8H2,1-5H3. The minimum absolute atomic E-state index is 0.0934. The monoisotopic (exact) mass is 324 g/mol. The first-order chi connectivity index (χ1) is 10.3. The first-order valence-electron chi connectivity index (χ1n) is 6.83. The molecule has 1 aromatic heterocycles.